The Bertz CT molecular complexity index is 502. The fraction of sp³-hybridized carbons (Fsp3) is 0.333. The number of aromatic nitrogens is 2. The van der Waals surface area contributed by atoms with E-state index in [9.17, 15) is 0 Å². The smallest absolute Gasteiger partial charge is 0.223 e. The Morgan fingerprint density at radius 2 is 2.07 bits per heavy atom. The van der Waals surface area contributed by atoms with Crippen molar-refractivity contribution in [2.75, 3.05) is 0 Å². The van der Waals surface area contributed by atoms with E-state index in [2.05, 4.69) is 28.3 Å². The van der Waals surface area contributed by atoms with Crippen LogP contribution in [-0.4, -0.2) is 10.1 Å². The SMILES string of the molecule is Cc1nc(-c2ccc3c(c2)CCC3)no1. The van der Waals surface area contributed by atoms with Gasteiger partial charge in [-0.05, 0) is 36.5 Å². The molecule has 0 N–H and O–H groups in total. The van der Waals surface area contributed by atoms with Gasteiger partial charge in [0.25, 0.3) is 0 Å². The van der Waals surface area contributed by atoms with E-state index in [0.29, 0.717) is 11.7 Å². The van der Waals surface area contributed by atoms with E-state index in [-0.39, 0.29) is 0 Å². The van der Waals surface area contributed by atoms with Crippen molar-refractivity contribution < 1.29 is 4.52 Å². The molecule has 0 radical (unpaired) electrons. The van der Waals surface area contributed by atoms with Crippen LogP contribution in [0.25, 0.3) is 11.4 Å². The number of aryl methyl sites for hydroxylation is 3. The lowest BCUT2D eigenvalue weighted by Crippen LogP contribution is -1.86. The van der Waals surface area contributed by atoms with Gasteiger partial charge in [0.1, 0.15) is 0 Å². The summed E-state index contributed by atoms with van der Waals surface area (Å²) in [7, 11) is 0. The molecule has 0 saturated carbocycles. The molecule has 15 heavy (non-hydrogen) atoms. The molecular weight excluding hydrogens is 188 g/mol. The van der Waals surface area contributed by atoms with E-state index in [1.165, 1.54) is 30.4 Å². The largest absolute Gasteiger partial charge is 0.339 e. The summed E-state index contributed by atoms with van der Waals surface area (Å²) in [5, 5.41) is 3.93. The fourth-order valence-electron chi connectivity index (χ4n) is 2.13. The first-order valence-corrected chi connectivity index (χ1v) is 5.25. The van der Waals surface area contributed by atoms with Crippen molar-refractivity contribution in [3.63, 3.8) is 0 Å². The summed E-state index contributed by atoms with van der Waals surface area (Å²) in [5.74, 6) is 1.31. The Balaban J connectivity index is 2.06. The van der Waals surface area contributed by atoms with Crippen molar-refractivity contribution in [3.8, 4) is 11.4 Å². The van der Waals surface area contributed by atoms with Crippen LogP contribution in [0.3, 0.4) is 0 Å². The maximum atomic E-state index is 4.98. The zero-order valence-corrected chi connectivity index (χ0v) is 8.66. The highest BCUT2D eigenvalue weighted by Gasteiger charge is 2.13. The average Bonchev–Trinajstić information content (AvgIpc) is 2.84. The van der Waals surface area contributed by atoms with E-state index >= 15 is 0 Å². The highest BCUT2D eigenvalue weighted by molar-refractivity contribution is 5.57. The quantitative estimate of drug-likeness (QED) is 0.710. The van der Waals surface area contributed by atoms with Crippen molar-refractivity contribution in [3.05, 3.63) is 35.2 Å². The monoisotopic (exact) mass is 200 g/mol. The van der Waals surface area contributed by atoms with Gasteiger partial charge >= 0.3 is 0 Å². The summed E-state index contributed by atoms with van der Waals surface area (Å²) in [6.45, 7) is 1.81. The summed E-state index contributed by atoms with van der Waals surface area (Å²) < 4.78 is 4.98. The number of rotatable bonds is 1. The molecule has 1 aliphatic rings. The third-order valence-corrected chi connectivity index (χ3v) is 2.88. The van der Waals surface area contributed by atoms with Gasteiger partial charge in [0.2, 0.25) is 11.7 Å². The lowest BCUT2D eigenvalue weighted by Gasteiger charge is -2.00. The number of hydrogen-bond acceptors (Lipinski definition) is 3. The molecule has 1 aromatic heterocycles. The van der Waals surface area contributed by atoms with Crippen LogP contribution in [-0.2, 0) is 12.8 Å². The van der Waals surface area contributed by atoms with Crippen LogP contribution >= 0.6 is 0 Å². The molecule has 2 aromatic rings. The van der Waals surface area contributed by atoms with E-state index in [4.69, 9.17) is 4.52 Å². The Hall–Kier alpha value is -1.64. The maximum absolute atomic E-state index is 4.98. The number of hydrogen-bond donors (Lipinski definition) is 0. The van der Waals surface area contributed by atoms with Crippen molar-refractivity contribution in [2.45, 2.75) is 26.2 Å². The Morgan fingerprint density at radius 1 is 1.20 bits per heavy atom. The van der Waals surface area contributed by atoms with Gasteiger partial charge in [0.15, 0.2) is 0 Å². The predicted octanol–water partition coefficient (Wildman–Crippen LogP) is 2.53. The second kappa shape index (κ2) is 3.19. The third-order valence-electron chi connectivity index (χ3n) is 2.88. The molecule has 1 heterocycles. The summed E-state index contributed by atoms with van der Waals surface area (Å²) in [5.41, 5.74) is 3.97. The van der Waals surface area contributed by atoms with Crippen LogP contribution in [0.5, 0.6) is 0 Å². The van der Waals surface area contributed by atoms with E-state index in [1.807, 2.05) is 6.92 Å². The molecule has 3 heteroatoms. The van der Waals surface area contributed by atoms with Crippen LogP contribution in [0, 0.1) is 6.92 Å². The molecule has 0 bridgehead atoms. The van der Waals surface area contributed by atoms with Gasteiger partial charge in [0.05, 0.1) is 0 Å². The summed E-state index contributed by atoms with van der Waals surface area (Å²) in [6, 6.07) is 6.45. The predicted molar refractivity (Wildman–Crippen MR) is 56.5 cm³/mol. The lowest BCUT2D eigenvalue weighted by atomic mass is 10.1. The highest BCUT2D eigenvalue weighted by Crippen LogP contribution is 2.26. The minimum absolute atomic E-state index is 0.616. The molecule has 76 valence electrons. The Labute approximate surface area is 88.1 Å². The van der Waals surface area contributed by atoms with Gasteiger partial charge in [-0.15, -0.1) is 0 Å². The number of fused-ring (bicyclic) bond motifs is 1. The molecule has 1 aromatic carbocycles. The minimum atomic E-state index is 0.616. The van der Waals surface area contributed by atoms with Crippen LogP contribution < -0.4 is 0 Å². The molecule has 3 nitrogen and oxygen atoms in total. The van der Waals surface area contributed by atoms with Crippen molar-refractivity contribution in [1.82, 2.24) is 10.1 Å². The molecule has 0 aliphatic heterocycles. The summed E-state index contributed by atoms with van der Waals surface area (Å²) >= 11 is 0. The first kappa shape index (κ1) is 8.65. The van der Waals surface area contributed by atoms with Crippen LogP contribution in [0.2, 0.25) is 0 Å². The molecular formula is C12H12N2O. The molecule has 3 rings (SSSR count). The zero-order chi connectivity index (χ0) is 10.3. The standard InChI is InChI=1S/C12H12N2O/c1-8-13-12(14-15-8)11-6-5-9-3-2-4-10(9)7-11/h5-7H,2-4H2,1H3. The molecule has 0 atom stereocenters. The van der Waals surface area contributed by atoms with Gasteiger partial charge in [-0.2, -0.15) is 4.98 Å². The Kier molecular flexibility index (Phi) is 1.84. The summed E-state index contributed by atoms with van der Waals surface area (Å²) in [4.78, 5) is 4.23. The molecule has 1 aliphatic carbocycles. The first-order chi connectivity index (χ1) is 7.33. The van der Waals surface area contributed by atoms with Crippen LogP contribution in [0.1, 0.15) is 23.4 Å². The lowest BCUT2D eigenvalue weighted by molar-refractivity contribution is 0.394. The third kappa shape index (κ3) is 1.44. The molecule has 0 saturated heterocycles. The van der Waals surface area contributed by atoms with Gasteiger partial charge in [0, 0.05) is 12.5 Å². The van der Waals surface area contributed by atoms with Gasteiger partial charge < -0.3 is 4.52 Å². The van der Waals surface area contributed by atoms with E-state index in [1.54, 1.807) is 0 Å². The van der Waals surface area contributed by atoms with Gasteiger partial charge in [-0.3, -0.25) is 0 Å². The number of nitrogens with zero attached hydrogens (tertiary/aromatic N) is 2. The van der Waals surface area contributed by atoms with Gasteiger partial charge in [-0.25, -0.2) is 0 Å². The van der Waals surface area contributed by atoms with Crippen molar-refractivity contribution >= 4 is 0 Å². The second-order valence-corrected chi connectivity index (χ2v) is 3.97. The maximum Gasteiger partial charge on any atom is 0.223 e. The van der Waals surface area contributed by atoms with E-state index in [0.717, 1.165) is 5.56 Å². The molecule has 0 unspecified atom stereocenters. The molecule has 0 amide bonds. The van der Waals surface area contributed by atoms with Gasteiger partial charge in [-0.1, -0.05) is 17.3 Å². The minimum Gasteiger partial charge on any atom is -0.339 e. The average molecular weight is 200 g/mol. The van der Waals surface area contributed by atoms with Crippen molar-refractivity contribution in [2.24, 2.45) is 0 Å². The Morgan fingerprint density at radius 3 is 2.87 bits per heavy atom. The molecule has 0 spiro atoms. The van der Waals surface area contributed by atoms with Crippen LogP contribution in [0.15, 0.2) is 22.7 Å². The normalized spacial score (nSPS) is 14.2. The van der Waals surface area contributed by atoms with E-state index < -0.39 is 0 Å². The highest BCUT2D eigenvalue weighted by atomic mass is 16.5. The molecule has 0 fully saturated rings. The number of benzene rings is 1. The second-order valence-electron chi connectivity index (χ2n) is 3.97. The summed E-state index contributed by atoms with van der Waals surface area (Å²) in [6.07, 6.45) is 3.66. The topological polar surface area (TPSA) is 38.9 Å². The zero-order valence-electron chi connectivity index (χ0n) is 8.66. The fourth-order valence-corrected chi connectivity index (χ4v) is 2.13. The first-order valence-electron chi connectivity index (χ1n) is 5.25. The van der Waals surface area contributed by atoms with Crippen LogP contribution in [0.4, 0.5) is 0 Å². The van der Waals surface area contributed by atoms with Crippen molar-refractivity contribution in [1.29, 1.82) is 0 Å².